The van der Waals surface area contributed by atoms with Crippen LogP contribution in [0.1, 0.15) is 0 Å². The summed E-state index contributed by atoms with van der Waals surface area (Å²) in [7, 11) is 0. The van der Waals surface area contributed by atoms with Gasteiger partial charge in [-0.25, -0.2) is 4.79 Å². The van der Waals surface area contributed by atoms with Crippen molar-refractivity contribution in [1.29, 1.82) is 0 Å². The van der Waals surface area contributed by atoms with Crippen LogP contribution in [0.2, 0.25) is 0 Å². The number of carbonyl (C=O) groups is 2. The van der Waals surface area contributed by atoms with Crippen LogP contribution in [0, 0.1) is 0 Å². The van der Waals surface area contributed by atoms with Gasteiger partial charge in [-0.15, -0.1) is 0 Å². The van der Waals surface area contributed by atoms with Gasteiger partial charge in [0.2, 0.25) is 5.79 Å². The Morgan fingerprint density at radius 3 is 2.17 bits per heavy atom. The van der Waals surface area contributed by atoms with Crippen LogP contribution in [0.4, 0.5) is 0 Å². The average molecular weight is 356 g/mol. The van der Waals surface area contributed by atoms with Crippen LogP contribution in [0.25, 0.3) is 0 Å². The first-order valence-electron chi connectivity index (χ1n) is 6.81. The summed E-state index contributed by atoms with van der Waals surface area (Å²) < 4.78 is 9.94. The molecule has 1 rings (SSSR count). The Hall–Kier alpha value is -1.22. The molecule has 1 aliphatic heterocycles. The lowest BCUT2D eigenvalue weighted by Gasteiger charge is -2.35. The van der Waals surface area contributed by atoms with Gasteiger partial charge < -0.3 is 55.1 Å². The fraction of sp³-hybridized carbons (Fsp3) is 0.833. The third kappa shape index (κ3) is 3.88. The second kappa shape index (κ2) is 8.24. The second-order valence-electron chi connectivity index (χ2n) is 5.23. The number of carboxylic acids is 1. The Balaban J connectivity index is 2.96. The van der Waals surface area contributed by atoms with E-state index in [1.54, 1.807) is 0 Å². The molecule has 8 atom stereocenters. The number of aliphatic hydroxyl groups is 7. The molecule has 0 aromatic carbocycles. The highest BCUT2D eigenvalue weighted by Crippen LogP contribution is 2.33. The van der Waals surface area contributed by atoms with Gasteiger partial charge in [0.25, 0.3) is 0 Å². The number of aldehydes is 1. The van der Waals surface area contributed by atoms with E-state index in [0.29, 0.717) is 0 Å². The van der Waals surface area contributed by atoms with Gasteiger partial charge in [-0.05, 0) is 0 Å². The highest BCUT2D eigenvalue weighted by Gasteiger charge is 2.57. The van der Waals surface area contributed by atoms with Gasteiger partial charge in [0, 0.05) is 0 Å². The number of rotatable bonds is 9. The van der Waals surface area contributed by atoms with Crippen molar-refractivity contribution in [2.75, 3.05) is 13.2 Å². The summed E-state index contributed by atoms with van der Waals surface area (Å²) in [6.07, 6.45) is -14.2. The molecular formula is C12H20O12. The van der Waals surface area contributed by atoms with E-state index in [2.05, 4.69) is 0 Å². The number of hydrogen-bond acceptors (Lipinski definition) is 11. The minimum Gasteiger partial charge on any atom is -0.479 e. The lowest BCUT2D eigenvalue weighted by molar-refractivity contribution is -0.301. The van der Waals surface area contributed by atoms with E-state index in [4.69, 9.17) is 19.7 Å². The van der Waals surface area contributed by atoms with Crippen LogP contribution in [-0.4, -0.2) is 115 Å². The topological polar surface area (TPSA) is 214 Å². The molecule has 0 radical (unpaired) electrons. The fourth-order valence-corrected chi connectivity index (χ4v) is 2.21. The third-order valence-electron chi connectivity index (χ3n) is 3.64. The number of aliphatic hydroxyl groups excluding tert-OH is 7. The molecule has 0 amide bonds. The second-order valence-corrected chi connectivity index (χ2v) is 5.23. The zero-order valence-electron chi connectivity index (χ0n) is 12.2. The molecule has 0 aromatic rings. The van der Waals surface area contributed by atoms with Crippen LogP contribution in [0.5, 0.6) is 0 Å². The molecule has 8 N–H and O–H groups in total. The van der Waals surface area contributed by atoms with E-state index >= 15 is 0 Å². The molecule has 12 nitrogen and oxygen atoms in total. The molecule has 12 heteroatoms. The summed E-state index contributed by atoms with van der Waals surface area (Å²) in [4.78, 5) is 21.7. The van der Waals surface area contributed by atoms with Crippen LogP contribution in [-0.2, 0) is 19.1 Å². The Bertz CT molecular complexity index is 444. The number of carbonyl (C=O) groups excluding carboxylic acids is 1. The minimum absolute atomic E-state index is 0.0887. The van der Waals surface area contributed by atoms with Crippen molar-refractivity contribution in [3.8, 4) is 0 Å². The maximum absolute atomic E-state index is 11.1. The van der Waals surface area contributed by atoms with Gasteiger partial charge in [0.15, 0.2) is 12.4 Å². The smallest absolute Gasteiger partial charge is 0.335 e. The first-order chi connectivity index (χ1) is 11.1. The summed E-state index contributed by atoms with van der Waals surface area (Å²) in [5, 5.41) is 75.0. The highest BCUT2D eigenvalue weighted by atomic mass is 16.7. The van der Waals surface area contributed by atoms with E-state index < -0.39 is 67.7 Å². The Morgan fingerprint density at radius 1 is 1.21 bits per heavy atom. The lowest BCUT2D eigenvalue weighted by Crippen LogP contribution is -2.56. The Morgan fingerprint density at radius 2 is 1.79 bits per heavy atom. The Labute approximate surface area is 135 Å². The lowest BCUT2D eigenvalue weighted by atomic mass is 10.0. The number of aliphatic carboxylic acids is 1. The highest BCUT2D eigenvalue weighted by molar-refractivity contribution is 5.73. The summed E-state index contributed by atoms with van der Waals surface area (Å²) in [5.41, 5.74) is 0. The van der Waals surface area contributed by atoms with E-state index in [9.17, 15) is 40.2 Å². The molecule has 0 spiro atoms. The number of hydrogen-bond donors (Lipinski definition) is 8. The van der Waals surface area contributed by atoms with Crippen LogP contribution >= 0.6 is 0 Å². The molecule has 1 fully saturated rings. The molecule has 1 heterocycles. The largest absolute Gasteiger partial charge is 0.479 e. The predicted molar refractivity (Wildman–Crippen MR) is 70.4 cm³/mol. The standard InChI is InChI=1S/C12H20O12/c13-1-4(6(16)8(18)9(19)11(21)22)23-12(3-15)10(20)7(17)5(2-14)24-12/h1,4-10,14-20H,2-3H2,(H,21,22)/t4-,5+,6+,7+,8+,9-,10-,12+/m0/s1. The molecule has 0 aromatic heterocycles. The van der Waals surface area contributed by atoms with Crippen LogP contribution in [0.15, 0.2) is 0 Å². The normalized spacial score (nSPS) is 35.2. The van der Waals surface area contributed by atoms with Crippen molar-refractivity contribution in [1.82, 2.24) is 0 Å². The molecule has 0 unspecified atom stereocenters. The van der Waals surface area contributed by atoms with Gasteiger partial charge in [0.1, 0.15) is 43.2 Å². The van der Waals surface area contributed by atoms with E-state index in [-0.39, 0.29) is 6.29 Å². The van der Waals surface area contributed by atoms with Gasteiger partial charge in [-0.1, -0.05) is 0 Å². The van der Waals surface area contributed by atoms with Crippen molar-refractivity contribution in [2.24, 2.45) is 0 Å². The average Bonchev–Trinajstić information content (AvgIpc) is 2.82. The van der Waals surface area contributed by atoms with Crippen molar-refractivity contribution in [3.05, 3.63) is 0 Å². The number of ether oxygens (including phenoxy) is 2. The molecule has 24 heavy (non-hydrogen) atoms. The zero-order chi connectivity index (χ0) is 18.7. The van der Waals surface area contributed by atoms with Gasteiger partial charge >= 0.3 is 5.97 Å². The van der Waals surface area contributed by atoms with E-state index in [1.807, 2.05) is 0 Å². The van der Waals surface area contributed by atoms with Crippen molar-refractivity contribution in [2.45, 2.75) is 48.5 Å². The molecular weight excluding hydrogens is 336 g/mol. The summed E-state index contributed by atoms with van der Waals surface area (Å²) >= 11 is 0. The molecule has 1 saturated heterocycles. The monoisotopic (exact) mass is 356 g/mol. The SMILES string of the molecule is O=C[C@H](O[C@]1(CO)O[C@H](CO)[C@@H](O)[C@@H]1O)[C@@H](O)[C@@H](O)[C@H](O)C(=O)O. The van der Waals surface area contributed by atoms with Crippen molar-refractivity contribution < 1.29 is 59.9 Å². The molecule has 0 saturated carbocycles. The molecule has 1 aliphatic rings. The maximum atomic E-state index is 11.1. The maximum Gasteiger partial charge on any atom is 0.335 e. The first-order valence-corrected chi connectivity index (χ1v) is 6.81. The number of carboxylic acid groups (broad SMARTS) is 1. The van der Waals surface area contributed by atoms with Gasteiger partial charge in [-0.2, -0.15) is 0 Å². The first kappa shape index (κ1) is 20.8. The van der Waals surface area contributed by atoms with Gasteiger partial charge in [-0.3, -0.25) is 0 Å². The fourth-order valence-electron chi connectivity index (χ4n) is 2.21. The summed E-state index contributed by atoms with van der Waals surface area (Å²) in [6, 6.07) is 0. The van der Waals surface area contributed by atoms with Crippen LogP contribution < -0.4 is 0 Å². The summed E-state index contributed by atoms with van der Waals surface area (Å²) in [6.45, 7) is -1.88. The van der Waals surface area contributed by atoms with Crippen LogP contribution in [0.3, 0.4) is 0 Å². The van der Waals surface area contributed by atoms with E-state index in [0.717, 1.165) is 0 Å². The molecule has 0 bridgehead atoms. The summed E-state index contributed by atoms with van der Waals surface area (Å²) in [5.74, 6) is -4.30. The van der Waals surface area contributed by atoms with E-state index in [1.165, 1.54) is 0 Å². The Kier molecular flexibility index (Phi) is 7.15. The minimum atomic E-state index is -2.44. The van der Waals surface area contributed by atoms with Gasteiger partial charge in [0.05, 0.1) is 6.61 Å². The molecule has 140 valence electrons. The molecule has 0 aliphatic carbocycles. The quantitative estimate of drug-likeness (QED) is 0.182. The predicted octanol–water partition coefficient (Wildman–Crippen LogP) is -5.46. The third-order valence-corrected chi connectivity index (χ3v) is 3.64. The van der Waals surface area contributed by atoms with Crippen molar-refractivity contribution in [3.63, 3.8) is 0 Å². The van der Waals surface area contributed by atoms with Crippen molar-refractivity contribution >= 4 is 12.3 Å². The zero-order valence-corrected chi connectivity index (χ0v) is 12.2.